The number of hydrogen-bond acceptors (Lipinski definition) is 4. The van der Waals surface area contributed by atoms with Crippen molar-refractivity contribution in [2.45, 2.75) is 31.8 Å². The Morgan fingerprint density at radius 2 is 1.12 bits per heavy atom. The van der Waals surface area contributed by atoms with Crippen molar-refractivity contribution in [1.29, 1.82) is 0 Å². The number of hydrogen-bond donors (Lipinski definition) is 0. The van der Waals surface area contributed by atoms with Gasteiger partial charge in [-0.2, -0.15) is 26.3 Å². The van der Waals surface area contributed by atoms with Crippen LogP contribution in [0.4, 0.5) is 26.3 Å². The summed E-state index contributed by atoms with van der Waals surface area (Å²) in [5, 5.41) is 0. The van der Waals surface area contributed by atoms with Crippen LogP contribution < -0.4 is 0 Å². The molecular formula is C13H12F6O4S2. The summed E-state index contributed by atoms with van der Waals surface area (Å²) in [5.41, 5.74) is -12.0. The highest BCUT2D eigenvalue weighted by molar-refractivity contribution is 8.15. The second-order valence-corrected chi connectivity index (χ2v) is 9.25. The standard InChI is InChI=1S/C13H12F6O4S2/c1-7-4-8(2)10(9(3)5-7)6-11(24(20,21)12(14,15)16)25(22,23)13(17,18)19/h4-6H,1-3H3. The quantitative estimate of drug-likeness (QED) is 0.712. The summed E-state index contributed by atoms with van der Waals surface area (Å²) in [4.78, 5) is 0. The second kappa shape index (κ2) is 6.31. The maximum atomic E-state index is 12.7. The molecule has 25 heavy (non-hydrogen) atoms. The monoisotopic (exact) mass is 410 g/mol. The van der Waals surface area contributed by atoms with Crippen molar-refractivity contribution in [3.05, 3.63) is 38.6 Å². The van der Waals surface area contributed by atoms with E-state index in [0.717, 1.165) is 0 Å². The second-order valence-electron chi connectivity index (χ2n) is 5.17. The van der Waals surface area contributed by atoms with Gasteiger partial charge in [-0.15, -0.1) is 0 Å². The van der Waals surface area contributed by atoms with Crippen molar-refractivity contribution < 1.29 is 43.2 Å². The fourth-order valence-corrected chi connectivity index (χ4v) is 4.79. The van der Waals surface area contributed by atoms with E-state index in [1.165, 1.54) is 26.0 Å². The first kappa shape index (κ1) is 21.5. The topological polar surface area (TPSA) is 68.3 Å². The van der Waals surface area contributed by atoms with Crippen LogP contribution in [0.3, 0.4) is 0 Å². The minimum absolute atomic E-state index is 0.101. The van der Waals surface area contributed by atoms with Crippen molar-refractivity contribution in [2.24, 2.45) is 0 Å². The van der Waals surface area contributed by atoms with Gasteiger partial charge in [0.05, 0.1) is 0 Å². The zero-order valence-electron chi connectivity index (χ0n) is 12.9. The molecule has 1 aromatic carbocycles. The van der Waals surface area contributed by atoms with Crippen LogP contribution in [-0.2, 0) is 19.7 Å². The Balaban J connectivity index is 3.97. The van der Waals surface area contributed by atoms with Crippen LogP contribution in [0.5, 0.6) is 0 Å². The van der Waals surface area contributed by atoms with Gasteiger partial charge in [0.15, 0.2) is 4.24 Å². The molecule has 0 aliphatic carbocycles. The van der Waals surface area contributed by atoms with E-state index < -0.39 is 34.9 Å². The maximum Gasteiger partial charge on any atom is 0.502 e. The fourth-order valence-electron chi connectivity index (χ4n) is 2.06. The molecule has 0 fully saturated rings. The molecule has 12 heteroatoms. The first-order valence-corrected chi connectivity index (χ1v) is 9.32. The van der Waals surface area contributed by atoms with E-state index in [2.05, 4.69) is 0 Å². The van der Waals surface area contributed by atoms with Gasteiger partial charge >= 0.3 is 11.0 Å². The maximum absolute atomic E-state index is 12.7. The zero-order chi connectivity index (χ0) is 20.0. The normalized spacial score (nSPS) is 13.6. The van der Waals surface area contributed by atoms with Crippen LogP contribution in [0.2, 0.25) is 0 Å². The molecule has 0 radical (unpaired) electrons. The van der Waals surface area contributed by atoms with Crippen LogP contribution in [0, 0.1) is 20.8 Å². The summed E-state index contributed by atoms with van der Waals surface area (Å²) in [6.45, 7) is 4.18. The first-order valence-electron chi connectivity index (χ1n) is 6.35. The minimum Gasteiger partial charge on any atom is -0.214 e. The lowest BCUT2D eigenvalue weighted by molar-refractivity contribution is -0.0443. The number of alkyl halides is 6. The van der Waals surface area contributed by atoms with Crippen LogP contribution in [0.1, 0.15) is 22.3 Å². The molecule has 0 aliphatic rings. The SMILES string of the molecule is Cc1cc(C)c(C=C(S(=O)(=O)C(F)(F)F)S(=O)(=O)C(F)(F)F)c(C)c1. The van der Waals surface area contributed by atoms with Crippen molar-refractivity contribution in [1.82, 2.24) is 0 Å². The summed E-state index contributed by atoms with van der Waals surface area (Å²) >= 11 is 0. The molecule has 0 unspecified atom stereocenters. The Labute approximate surface area is 140 Å². The van der Waals surface area contributed by atoms with Crippen molar-refractivity contribution >= 4 is 25.8 Å². The highest BCUT2D eigenvalue weighted by Gasteiger charge is 2.59. The Morgan fingerprint density at radius 1 is 0.800 bits per heavy atom. The highest BCUT2D eigenvalue weighted by Crippen LogP contribution is 2.40. The molecule has 0 aromatic heterocycles. The van der Waals surface area contributed by atoms with Crippen LogP contribution in [0.15, 0.2) is 16.4 Å². The van der Waals surface area contributed by atoms with E-state index in [1.807, 2.05) is 0 Å². The van der Waals surface area contributed by atoms with Crippen molar-refractivity contribution in [2.75, 3.05) is 0 Å². The van der Waals surface area contributed by atoms with Gasteiger partial charge < -0.3 is 0 Å². The average molecular weight is 410 g/mol. The highest BCUT2D eigenvalue weighted by atomic mass is 32.3. The molecule has 0 N–H and O–H groups in total. The lowest BCUT2D eigenvalue weighted by Gasteiger charge is -2.16. The molecule has 0 bridgehead atoms. The Morgan fingerprint density at radius 3 is 1.40 bits per heavy atom. The number of aryl methyl sites for hydroxylation is 3. The minimum atomic E-state index is -6.77. The van der Waals surface area contributed by atoms with Gasteiger partial charge in [0.25, 0.3) is 19.7 Å². The van der Waals surface area contributed by atoms with E-state index in [9.17, 15) is 43.2 Å². The smallest absolute Gasteiger partial charge is 0.214 e. The molecule has 0 atom stereocenters. The lowest BCUT2D eigenvalue weighted by atomic mass is 10.0. The molecule has 0 saturated heterocycles. The molecule has 1 rings (SSSR count). The van der Waals surface area contributed by atoms with E-state index in [0.29, 0.717) is 5.56 Å². The van der Waals surface area contributed by atoms with Crippen molar-refractivity contribution in [3.63, 3.8) is 0 Å². The number of benzene rings is 1. The molecule has 142 valence electrons. The zero-order valence-corrected chi connectivity index (χ0v) is 14.6. The third-order valence-electron chi connectivity index (χ3n) is 3.14. The lowest BCUT2D eigenvalue weighted by Crippen LogP contribution is -2.34. The molecule has 0 amide bonds. The molecule has 0 heterocycles. The van der Waals surface area contributed by atoms with E-state index in [1.54, 1.807) is 6.92 Å². The predicted molar refractivity (Wildman–Crippen MR) is 78.6 cm³/mol. The number of rotatable bonds is 3. The van der Waals surface area contributed by atoms with E-state index in [4.69, 9.17) is 0 Å². The Kier molecular flexibility index (Phi) is 5.42. The molecular weight excluding hydrogens is 398 g/mol. The van der Waals surface area contributed by atoms with Gasteiger partial charge in [-0.25, -0.2) is 16.8 Å². The van der Waals surface area contributed by atoms with Gasteiger partial charge in [-0.05, 0) is 43.5 Å². The Hall–Kier alpha value is -1.56. The summed E-state index contributed by atoms with van der Waals surface area (Å²) in [5.74, 6) is 0. The van der Waals surface area contributed by atoms with Gasteiger partial charge in [-0.3, -0.25) is 0 Å². The summed E-state index contributed by atoms with van der Waals surface area (Å²) in [7, 11) is -13.5. The first-order chi connectivity index (χ1) is 10.9. The van der Waals surface area contributed by atoms with E-state index >= 15 is 0 Å². The molecule has 0 aliphatic heterocycles. The van der Waals surface area contributed by atoms with Crippen molar-refractivity contribution in [3.8, 4) is 0 Å². The van der Waals surface area contributed by atoms with Gasteiger partial charge in [0, 0.05) is 0 Å². The largest absolute Gasteiger partial charge is 0.502 e. The molecule has 0 spiro atoms. The van der Waals surface area contributed by atoms with Gasteiger partial charge in [0.2, 0.25) is 0 Å². The van der Waals surface area contributed by atoms with E-state index in [-0.39, 0.29) is 22.8 Å². The van der Waals surface area contributed by atoms with Crippen LogP contribution in [-0.4, -0.2) is 27.9 Å². The average Bonchev–Trinajstić information content (AvgIpc) is 2.33. The summed E-state index contributed by atoms with van der Waals surface area (Å²) in [6, 6.07) is 2.72. The predicted octanol–water partition coefficient (Wildman–Crippen LogP) is 3.78. The number of halogens is 6. The molecule has 4 nitrogen and oxygen atoms in total. The fraction of sp³-hybridized carbons (Fsp3) is 0.385. The Bertz CT molecular complexity index is 853. The van der Waals surface area contributed by atoms with Gasteiger partial charge in [0.1, 0.15) is 0 Å². The van der Waals surface area contributed by atoms with Crippen LogP contribution >= 0.6 is 0 Å². The third-order valence-corrected chi connectivity index (χ3v) is 6.97. The summed E-state index contributed by atoms with van der Waals surface area (Å²) < 4.78 is 119. The van der Waals surface area contributed by atoms with Gasteiger partial charge in [-0.1, -0.05) is 17.7 Å². The molecule has 0 saturated carbocycles. The van der Waals surface area contributed by atoms with Crippen LogP contribution in [0.25, 0.3) is 6.08 Å². The molecule has 1 aromatic rings. The third kappa shape index (κ3) is 4.00. The number of sulfone groups is 2. The summed E-state index contributed by atoms with van der Waals surface area (Å²) in [6.07, 6.45) is -0.101.